The van der Waals surface area contributed by atoms with Crippen LogP contribution in [0.1, 0.15) is 39.5 Å². The number of allylic oxidation sites excluding steroid dienone is 1. The van der Waals surface area contributed by atoms with E-state index < -0.39 is 0 Å². The van der Waals surface area contributed by atoms with Gasteiger partial charge in [-0.05, 0) is 42.6 Å². The number of nitrogens with zero attached hydrogens (tertiary/aromatic N) is 3. The molecule has 2 rings (SSSR count). The molecule has 1 aliphatic carbocycles. The molecule has 4 heteroatoms. The zero-order valence-electron chi connectivity index (χ0n) is 12.2. The minimum Gasteiger partial charge on any atom is -0.369 e. The van der Waals surface area contributed by atoms with Gasteiger partial charge in [-0.15, -0.1) is 0 Å². The van der Waals surface area contributed by atoms with Crippen LogP contribution < -0.4 is 0 Å². The van der Waals surface area contributed by atoms with Crippen LogP contribution in [0.2, 0.25) is 0 Å². The van der Waals surface area contributed by atoms with E-state index >= 15 is 0 Å². The Morgan fingerprint density at radius 1 is 1.42 bits per heavy atom. The number of hydrogen-bond donors (Lipinski definition) is 0. The Kier molecular flexibility index (Phi) is 4.71. The van der Waals surface area contributed by atoms with E-state index in [0.29, 0.717) is 12.1 Å². The summed E-state index contributed by atoms with van der Waals surface area (Å²) in [4.78, 5) is 9.47. The molecular formula is C15H24BrN3. The van der Waals surface area contributed by atoms with Crippen molar-refractivity contribution in [2.24, 2.45) is 4.99 Å². The van der Waals surface area contributed by atoms with Gasteiger partial charge < -0.3 is 9.80 Å². The lowest BCUT2D eigenvalue weighted by molar-refractivity contribution is 0.207. The Morgan fingerprint density at radius 2 is 2.05 bits per heavy atom. The third-order valence-electron chi connectivity index (χ3n) is 4.26. The van der Waals surface area contributed by atoms with Crippen LogP contribution in [0.3, 0.4) is 0 Å². The molecule has 19 heavy (non-hydrogen) atoms. The van der Waals surface area contributed by atoms with Crippen LogP contribution >= 0.6 is 15.9 Å². The highest BCUT2D eigenvalue weighted by atomic mass is 79.9. The van der Waals surface area contributed by atoms with E-state index in [4.69, 9.17) is 4.99 Å². The molecule has 0 aromatic carbocycles. The molecule has 1 heterocycles. The number of piperazine rings is 1. The van der Waals surface area contributed by atoms with Gasteiger partial charge in [0, 0.05) is 18.8 Å². The molecule has 1 unspecified atom stereocenters. The number of halogens is 1. The van der Waals surface area contributed by atoms with Gasteiger partial charge in [-0.1, -0.05) is 25.5 Å². The summed E-state index contributed by atoms with van der Waals surface area (Å²) in [5.74, 6) is 1.17. The maximum atomic E-state index is 4.75. The lowest BCUT2D eigenvalue weighted by Gasteiger charge is -2.46. The highest BCUT2D eigenvalue weighted by Gasteiger charge is 2.35. The average Bonchev–Trinajstić information content (AvgIpc) is 2.89. The summed E-state index contributed by atoms with van der Waals surface area (Å²) < 4.78 is 0.915. The van der Waals surface area contributed by atoms with Gasteiger partial charge in [-0.3, -0.25) is 0 Å². The van der Waals surface area contributed by atoms with Crippen molar-refractivity contribution >= 4 is 21.8 Å². The summed E-state index contributed by atoms with van der Waals surface area (Å²) >= 11 is 3.51. The molecule has 1 saturated carbocycles. The van der Waals surface area contributed by atoms with Crippen molar-refractivity contribution in [3.05, 3.63) is 23.0 Å². The van der Waals surface area contributed by atoms with Gasteiger partial charge in [0.1, 0.15) is 10.4 Å². The van der Waals surface area contributed by atoms with E-state index in [9.17, 15) is 0 Å². The Balaban J connectivity index is 2.30. The lowest BCUT2D eigenvalue weighted by Crippen LogP contribution is -2.55. The van der Waals surface area contributed by atoms with Crippen molar-refractivity contribution < 1.29 is 0 Å². The fourth-order valence-corrected chi connectivity index (χ4v) is 3.29. The van der Waals surface area contributed by atoms with Crippen LogP contribution in [0, 0.1) is 0 Å². The van der Waals surface area contributed by atoms with Crippen LogP contribution in [0.25, 0.3) is 0 Å². The minimum atomic E-state index is 0.345. The van der Waals surface area contributed by atoms with Gasteiger partial charge in [0.2, 0.25) is 0 Å². The molecule has 106 valence electrons. The number of rotatable bonds is 2. The Hall–Kier alpha value is -0.770. The van der Waals surface area contributed by atoms with Gasteiger partial charge in [0.15, 0.2) is 0 Å². The first kappa shape index (κ1) is 14.6. The molecule has 1 aliphatic heterocycles. The zero-order chi connectivity index (χ0) is 14.0. The zero-order valence-corrected chi connectivity index (χ0v) is 13.8. The van der Waals surface area contributed by atoms with Gasteiger partial charge in [-0.25, -0.2) is 4.99 Å². The number of amidine groups is 1. The maximum absolute atomic E-state index is 4.75. The predicted octanol–water partition coefficient (Wildman–Crippen LogP) is 3.73. The number of aliphatic imine (C=N–C) groups is 1. The highest BCUT2D eigenvalue weighted by Crippen LogP contribution is 2.31. The molecule has 0 radical (unpaired) electrons. The molecule has 1 saturated heterocycles. The van der Waals surface area contributed by atoms with Crippen molar-refractivity contribution in [3.8, 4) is 0 Å². The third kappa shape index (κ3) is 3.04. The van der Waals surface area contributed by atoms with Crippen molar-refractivity contribution in [1.29, 1.82) is 0 Å². The second kappa shape index (κ2) is 6.12. The summed E-state index contributed by atoms with van der Waals surface area (Å²) in [7, 11) is 2.10. The summed E-state index contributed by atoms with van der Waals surface area (Å²) in [6.45, 7) is 9.33. The van der Waals surface area contributed by atoms with Gasteiger partial charge in [-0.2, -0.15) is 0 Å². The maximum Gasteiger partial charge on any atom is 0.126 e. The summed E-state index contributed by atoms with van der Waals surface area (Å²) in [5, 5.41) is 0. The van der Waals surface area contributed by atoms with Gasteiger partial charge in [0.25, 0.3) is 0 Å². The van der Waals surface area contributed by atoms with Crippen LogP contribution in [0.15, 0.2) is 28.0 Å². The Bertz CT molecular complexity index is 408. The molecule has 2 fully saturated rings. The Labute approximate surface area is 125 Å². The van der Waals surface area contributed by atoms with Crippen LogP contribution in [-0.2, 0) is 0 Å². The van der Waals surface area contributed by atoms with Crippen LogP contribution in [0.4, 0.5) is 0 Å². The summed E-state index contributed by atoms with van der Waals surface area (Å²) in [5.41, 5.74) is 1.20. The summed E-state index contributed by atoms with van der Waals surface area (Å²) in [6, 6.07) is 0.981. The molecule has 2 aliphatic rings. The Morgan fingerprint density at radius 3 is 2.63 bits per heavy atom. The number of hydrogen-bond acceptors (Lipinski definition) is 2. The second-order valence-electron chi connectivity index (χ2n) is 5.51. The van der Waals surface area contributed by atoms with Crippen molar-refractivity contribution in [2.75, 3.05) is 13.6 Å². The number of likely N-dealkylation sites (N-methyl/N-ethyl adjacent to an activating group) is 1. The molecule has 0 amide bonds. The first-order valence-electron chi connectivity index (χ1n) is 7.12. The molecule has 0 aromatic rings. The van der Waals surface area contributed by atoms with E-state index in [0.717, 1.165) is 11.2 Å². The third-order valence-corrected chi connectivity index (χ3v) is 4.89. The first-order valence-corrected chi connectivity index (χ1v) is 7.91. The monoisotopic (exact) mass is 325 g/mol. The SMILES string of the molecule is C=C1C(C)N(C2CCCC2)C(=N/C(Br)=C\C)CN1C. The quantitative estimate of drug-likeness (QED) is 0.720. The van der Waals surface area contributed by atoms with Crippen LogP contribution in [0.5, 0.6) is 0 Å². The van der Waals surface area contributed by atoms with E-state index in [1.807, 2.05) is 13.0 Å². The van der Waals surface area contributed by atoms with Crippen molar-refractivity contribution in [2.45, 2.75) is 51.6 Å². The van der Waals surface area contributed by atoms with Crippen LogP contribution in [-0.4, -0.2) is 41.3 Å². The van der Waals surface area contributed by atoms with E-state index in [1.165, 1.54) is 37.2 Å². The van der Waals surface area contributed by atoms with Crippen molar-refractivity contribution in [1.82, 2.24) is 9.80 Å². The predicted molar refractivity (Wildman–Crippen MR) is 85.4 cm³/mol. The minimum absolute atomic E-state index is 0.345. The topological polar surface area (TPSA) is 18.8 Å². The largest absolute Gasteiger partial charge is 0.369 e. The van der Waals surface area contributed by atoms with E-state index in [1.54, 1.807) is 0 Å². The van der Waals surface area contributed by atoms with Gasteiger partial charge >= 0.3 is 0 Å². The normalized spacial score (nSPS) is 28.6. The van der Waals surface area contributed by atoms with Gasteiger partial charge in [0.05, 0.1) is 12.6 Å². The first-order chi connectivity index (χ1) is 9.04. The molecule has 3 nitrogen and oxygen atoms in total. The molecule has 0 aromatic heterocycles. The van der Waals surface area contributed by atoms with E-state index in [2.05, 4.69) is 46.3 Å². The fraction of sp³-hybridized carbons (Fsp3) is 0.667. The molecular weight excluding hydrogens is 302 g/mol. The average molecular weight is 326 g/mol. The molecule has 0 bridgehead atoms. The summed E-state index contributed by atoms with van der Waals surface area (Å²) in [6.07, 6.45) is 7.25. The van der Waals surface area contributed by atoms with Crippen molar-refractivity contribution in [3.63, 3.8) is 0 Å². The molecule has 0 N–H and O–H groups in total. The molecule has 1 atom stereocenters. The smallest absolute Gasteiger partial charge is 0.126 e. The van der Waals surface area contributed by atoms with E-state index in [-0.39, 0.29) is 0 Å². The standard InChI is InChI=1S/C15H24BrN3/c1-5-14(16)17-15-10-18(4)11(2)12(3)19(15)13-8-6-7-9-13/h5,12-13H,2,6-10H2,1,3-4H3/b14-5-,17-15?. The molecule has 0 spiro atoms. The lowest BCUT2D eigenvalue weighted by atomic mass is 10.1. The highest BCUT2D eigenvalue weighted by molar-refractivity contribution is 9.11. The second-order valence-corrected chi connectivity index (χ2v) is 6.32. The fourth-order valence-electron chi connectivity index (χ4n) is 3.09.